The number of carbonyl (C=O) groups is 2. The molecule has 1 aliphatic rings. The molecule has 1 aliphatic heterocycles. The minimum atomic E-state index is -0.948. The van der Waals surface area contributed by atoms with Crippen molar-refractivity contribution < 1.29 is 14.3 Å². The SMILES string of the molecule is NC(=O)Oc1ccccc1NC(=O)c1ccc(N2CCC(N)C2)nc1. The Balaban J connectivity index is 1.70. The Bertz CT molecular complexity index is 778. The third-order valence-electron chi connectivity index (χ3n) is 3.90. The Kier molecular flexibility index (Phi) is 4.80. The summed E-state index contributed by atoms with van der Waals surface area (Å²) in [5.74, 6) is 0.610. The lowest BCUT2D eigenvalue weighted by Crippen LogP contribution is -2.27. The lowest BCUT2D eigenvalue weighted by atomic mass is 10.2. The fraction of sp³-hybridized carbons (Fsp3) is 0.235. The Labute approximate surface area is 144 Å². The van der Waals surface area contributed by atoms with E-state index in [1.54, 1.807) is 36.4 Å². The number of hydrogen-bond acceptors (Lipinski definition) is 6. The molecule has 130 valence electrons. The first-order valence-electron chi connectivity index (χ1n) is 7.87. The third-order valence-corrected chi connectivity index (χ3v) is 3.90. The quantitative estimate of drug-likeness (QED) is 0.771. The van der Waals surface area contributed by atoms with Crippen LogP contribution in [0.3, 0.4) is 0 Å². The number of para-hydroxylation sites is 2. The number of aromatic nitrogens is 1. The summed E-state index contributed by atoms with van der Waals surface area (Å²) < 4.78 is 4.87. The number of hydrogen-bond donors (Lipinski definition) is 3. The highest BCUT2D eigenvalue weighted by Crippen LogP contribution is 2.24. The lowest BCUT2D eigenvalue weighted by molar-refractivity contribution is 0.102. The van der Waals surface area contributed by atoms with Crippen LogP contribution in [-0.2, 0) is 0 Å². The Morgan fingerprint density at radius 3 is 2.68 bits per heavy atom. The molecule has 8 heteroatoms. The molecule has 8 nitrogen and oxygen atoms in total. The monoisotopic (exact) mass is 341 g/mol. The van der Waals surface area contributed by atoms with E-state index in [1.807, 2.05) is 0 Å². The van der Waals surface area contributed by atoms with Crippen molar-refractivity contribution in [3.05, 3.63) is 48.2 Å². The third kappa shape index (κ3) is 4.04. The van der Waals surface area contributed by atoms with Gasteiger partial charge in [0.25, 0.3) is 5.91 Å². The van der Waals surface area contributed by atoms with Crippen molar-refractivity contribution in [3.8, 4) is 5.75 Å². The number of carbonyl (C=O) groups excluding carboxylic acids is 2. The number of primary amides is 1. The van der Waals surface area contributed by atoms with Gasteiger partial charge in [0.2, 0.25) is 0 Å². The fourth-order valence-electron chi connectivity index (χ4n) is 2.66. The van der Waals surface area contributed by atoms with Crippen LogP contribution in [0.4, 0.5) is 16.3 Å². The van der Waals surface area contributed by atoms with Gasteiger partial charge in [0.15, 0.2) is 5.75 Å². The van der Waals surface area contributed by atoms with E-state index in [4.69, 9.17) is 16.2 Å². The standard InChI is InChI=1S/C17H19N5O3/c18-12-7-8-22(10-12)15-6-5-11(9-20-15)16(23)21-13-3-1-2-4-14(13)25-17(19)24/h1-6,9,12H,7-8,10,18H2,(H2,19,24)(H,21,23). The number of nitrogens with two attached hydrogens (primary N) is 2. The van der Waals surface area contributed by atoms with E-state index in [2.05, 4.69) is 15.2 Å². The molecule has 1 aromatic carbocycles. The summed E-state index contributed by atoms with van der Waals surface area (Å²) >= 11 is 0. The van der Waals surface area contributed by atoms with Gasteiger partial charge in [-0.15, -0.1) is 0 Å². The zero-order valence-corrected chi connectivity index (χ0v) is 13.5. The van der Waals surface area contributed by atoms with Crippen molar-refractivity contribution >= 4 is 23.5 Å². The average molecular weight is 341 g/mol. The summed E-state index contributed by atoms with van der Waals surface area (Å²) in [5, 5.41) is 2.68. The molecule has 2 heterocycles. The smallest absolute Gasteiger partial charge is 0.408 e. The molecule has 1 fully saturated rings. The number of amides is 2. The second-order valence-electron chi connectivity index (χ2n) is 5.77. The molecular formula is C17H19N5O3. The van der Waals surface area contributed by atoms with Crippen molar-refractivity contribution in [2.45, 2.75) is 12.5 Å². The van der Waals surface area contributed by atoms with Gasteiger partial charge < -0.3 is 26.4 Å². The first-order chi connectivity index (χ1) is 12.0. The molecule has 0 saturated carbocycles. The molecule has 0 bridgehead atoms. The largest absolute Gasteiger partial charge is 0.410 e. The molecule has 1 atom stereocenters. The molecule has 0 radical (unpaired) electrons. The summed E-state index contributed by atoms with van der Waals surface area (Å²) in [6.07, 6.45) is 1.49. The summed E-state index contributed by atoms with van der Waals surface area (Å²) in [5.41, 5.74) is 11.7. The van der Waals surface area contributed by atoms with Gasteiger partial charge in [-0.05, 0) is 30.7 Å². The predicted molar refractivity (Wildman–Crippen MR) is 93.6 cm³/mol. The van der Waals surface area contributed by atoms with Crippen LogP contribution in [0, 0.1) is 0 Å². The van der Waals surface area contributed by atoms with E-state index in [-0.39, 0.29) is 17.7 Å². The van der Waals surface area contributed by atoms with Gasteiger partial charge in [-0.25, -0.2) is 9.78 Å². The first kappa shape index (κ1) is 16.7. The molecular weight excluding hydrogens is 322 g/mol. The van der Waals surface area contributed by atoms with Crippen LogP contribution in [0.15, 0.2) is 42.6 Å². The van der Waals surface area contributed by atoms with Gasteiger partial charge in [0, 0.05) is 25.3 Å². The van der Waals surface area contributed by atoms with Gasteiger partial charge >= 0.3 is 6.09 Å². The maximum Gasteiger partial charge on any atom is 0.410 e. The van der Waals surface area contributed by atoms with Crippen LogP contribution >= 0.6 is 0 Å². The van der Waals surface area contributed by atoms with Gasteiger partial charge in [-0.2, -0.15) is 0 Å². The normalized spacial score (nSPS) is 16.5. The van der Waals surface area contributed by atoms with E-state index in [9.17, 15) is 9.59 Å². The molecule has 1 saturated heterocycles. The Hall–Kier alpha value is -3.13. The van der Waals surface area contributed by atoms with Gasteiger partial charge in [-0.3, -0.25) is 4.79 Å². The van der Waals surface area contributed by atoms with Crippen LogP contribution in [0.25, 0.3) is 0 Å². The number of nitrogens with one attached hydrogen (secondary N) is 1. The molecule has 5 N–H and O–H groups in total. The van der Waals surface area contributed by atoms with Crippen LogP contribution < -0.4 is 26.4 Å². The number of pyridine rings is 1. The van der Waals surface area contributed by atoms with Crippen LogP contribution in [-0.4, -0.2) is 36.1 Å². The van der Waals surface area contributed by atoms with E-state index < -0.39 is 6.09 Å². The van der Waals surface area contributed by atoms with E-state index in [0.717, 1.165) is 25.3 Å². The minimum Gasteiger partial charge on any atom is -0.408 e. The summed E-state index contributed by atoms with van der Waals surface area (Å²) in [4.78, 5) is 29.7. The minimum absolute atomic E-state index is 0.159. The van der Waals surface area contributed by atoms with Crippen LogP contribution in [0.1, 0.15) is 16.8 Å². The highest BCUT2D eigenvalue weighted by Gasteiger charge is 2.20. The zero-order valence-electron chi connectivity index (χ0n) is 13.5. The van der Waals surface area contributed by atoms with Crippen molar-refractivity contribution in [2.24, 2.45) is 11.5 Å². The van der Waals surface area contributed by atoms with E-state index in [0.29, 0.717) is 11.3 Å². The Morgan fingerprint density at radius 1 is 1.24 bits per heavy atom. The molecule has 25 heavy (non-hydrogen) atoms. The summed E-state index contributed by atoms with van der Waals surface area (Å²) in [6, 6.07) is 10.2. The highest BCUT2D eigenvalue weighted by molar-refractivity contribution is 6.05. The fourth-order valence-corrected chi connectivity index (χ4v) is 2.66. The number of anilines is 2. The zero-order chi connectivity index (χ0) is 17.8. The maximum atomic E-state index is 12.4. The number of nitrogens with zero attached hydrogens (tertiary/aromatic N) is 2. The number of ether oxygens (including phenoxy) is 1. The first-order valence-corrected chi connectivity index (χ1v) is 7.87. The van der Waals surface area contributed by atoms with E-state index in [1.165, 1.54) is 6.20 Å². The second-order valence-corrected chi connectivity index (χ2v) is 5.77. The number of benzene rings is 1. The summed E-state index contributed by atoms with van der Waals surface area (Å²) in [6.45, 7) is 1.62. The van der Waals surface area contributed by atoms with Crippen molar-refractivity contribution in [3.63, 3.8) is 0 Å². The lowest BCUT2D eigenvalue weighted by Gasteiger charge is -2.16. The van der Waals surface area contributed by atoms with Crippen molar-refractivity contribution in [1.82, 2.24) is 4.98 Å². The van der Waals surface area contributed by atoms with Gasteiger partial charge in [0.05, 0.1) is 11.3 Å². The average Bonchev–Trinajstić information content (AvgIpc) is 3.03. The Morgan fingerprint density at radius 2 is 2.04 bits per heavy atom. The molecule has 0 aliphatic carbocycles. The van der Waals surface area contributed by atoms with Gasteiger partial charge in [-0.1, -0.05) is 12.1 Å². The van der Waals surface area contributed by atoms with Crippen molar-refractivity contribution in [2.75, 3.05) is 23.3 Å². The van der Waals surface area contributed by atoms with Crippen LogP contribution in [0.5, 0.6) is 5.75 Å². The molecule has 1 unspecified atom stereocenters. The summed E-state index contributed by atoms with van der Waals surface area (Å²) in [7, 11) is 0. The van der Waals surface area contributed by atoms with E-state index >= 15 is 0 Å². The molecule has 3 rings (SSSR count). The number of rotatable bonds is 4. The predicted octanol–water partition coefficient (Wildman–Crippen LogP) is 1.33. The second kappa shape index (κ2) is 7.18. The molecule has 2 aromatic rings. The maximum absolute atomic E-state index is 12.4. The molecule has 1 aromatic heterocycles. The van der Waals surface area contributed by atoms with Gasteiger partial charge in [0.1, 0.15) is 5.82 Å². The topological polar surface area (TPSA) is 124 Å². The van der Waals surface area contributed by atoms with Crippen molar-refractivity contribution in [1.29, 1.82) is 0 Å². The highest BCUT2D eigenvalue weighted by atomic mass is 16.5. The molecule has 0 spiro atoms. The van der Waals surface area contributed by atoms with Crippen LogP contribution in [0.2, 0.25) is 0 Å². The molecule has 2 amide bonds.